The topological polar surface area (TPSA) is 76.8 Å². The van der Waals surface area contributed by atoms with Gasteiger partial charge in [-0.1, -0.05) is 19.1 Å². The molecular formula is C12H12F6N2O3. The van der Waals surface area contributed by atoms with Crippen LogP contribution in [0.2, 0.25) is 0 Å². The molecule has 0 saturated heterocycles. The molecule has 0 radical (unpaired) electrons. The Bertz CT molecular complexity index is 557. The van der Waals surface area contributed by atoms with Gasteiger partial charge in [0.05, 0.1) is 0 Å². The lowest BCUT2D eigenvalue weighted by atomic mass is 9.82. The fraction of sp³-hybridized carbons (Fsp3) is 0.417. The van der Waals surface area contributed by atoms with Gasteiger partial charge < -0.3 is 10.5 Å². The highest BCUT2D eigenvalue weighted by Gasteiger charge is 2.74. The van der Waals surface area contributed by atoms with Crippen LogP contribution in [0.3, 0.4) is 0 Å². The van der Waals surface area contributed by atoms with Crippen molar-refractivity contribution in [1.82, 2.24) is 0 Å². The average Bonchev–Trinajstić information content (AvgIpc) is 2.36. The van der Waals surface area contributed by atoms with Crippen LogP contribution >= 0.6 is 0 Å². The lowest BCUT2D eigenvalue weighted by molar-refractivity contribution is -0.990. The summed E-state index contributed by atoms with van der Waals surface area (Å²) in [5.74, 6) is -2.38. The van der Waals surface area contributed by atoms with Crippen LogP contribution < -0.4 is 10.5 Å². The van der Waals surface area contributed by atoms with Crippen molar-refractivity contribution in [3.05, 3.63) is 29.5 Å². The van der Waals surface area contributed by atoms with Crippen LogP contribution in [0.5, 0.6) is 0 Å². The Morgan fingerprint density at radius 2 is 1.65 bits per heavy atom. The van der Waals surface area contributed by atoms with Crippen LogP contribution in [-0.2, 0) is 4.79 Å². The minimum atomic E-state index is -5.90. The molecule has 3 N–H and O–H groups in total. The van der Waals surface area contributed by atoms with E-state index in [0.29, 0.717) is 6.92 Å². The van der Waals surface area contributed by atoms with E-state index in [4.69, 9.17) is 5.21 Å². The standard InChI is InChI=1S/C12H12F6N2O3/c1-2-10(11(13,14)15,12(16,17)18)9(21)19-7-5-3-4-6-8(7)20(22)23/h3-6,20,22H,2H2,1H3,(H,19,21). The number of para-hydroxylation sites is 2. The number of carbonyl (C=O) groups excluding carboxylic acids is 1. The van der Waals surface area contributed by atoms with E-state index in [2.05, 4.69) is 0 Å². The third-order valence-electron chi connectivity index (χ3n) is 3.29. The number of benzene rings is 1. The highest BCUT2D eigenvalue weighted by Crippen LogP contribution is 2.53. The Hall–Kier alpha value is -1.85. The number of hydrogen-bond donors (Lipinski definition) is 3. The number of nitrogens with one attached hydrogen (secondary N) is 2. The monoisotopic (exact) mass is 346 g/mol. The number of amides is 1. The second kappa shape index (κ2) is 6.34. The van der Waals surface area contributed by atoms with Crippen LogP contribution in [-0.4, -0.2) is 23.5 Å². The molecule has 0 aliphatic heterocycles. The predicted octanol–water partition coefficient (Wildman–Crippen LogP) is 2.55. The van der Waals surface area contributed by atoms with Gasteiger partial charge in [-0.25, -0.2) is 5.21 Å². The van der Waals surface area contributed by atoms with Crippen molar-refractivity contribution in [2.45, 2.75) is 25.7 Å². The first-order chi connectivity index (χ1) is 10.4. The van der Waals surface area contributed by atoms with Gasteiger partial charge in [-0.05, 0) is 12.5 Å². The normalized spacial score (nSPS) is 14.5. The molecule has 0 heterocycles. The fourth-order valence-electron chi connectivity index (χ4n) is 1.99. The molecular weight excluding hydrogens is 334 g/mol. The Labute approximate surface area is 126 Å². The molecule has 1 atom stereocenters. The van der Waals surface area contributed by atoms with Crippen molar-refractivity contribution < 1.29 is 41.6 Å². The van der Waals surface area contributed by atoms with Gasteiger partial charge in [0.2, 0.25) is 11.3 Å². The summed E-state index contributed by atoms with van der Waals surface area (Å²) in [6, 6.07) is 4.21. The Kier molecular flexibility index (Phi) is 5.29. The maximum absolute atomic E-state index is 13.0. The van der Waals surface area contributed by atoms with Crippen molar-refractivity contribution in [2.75, 3.05) is 5.32 Å². The summed E-state index contributed by atoms with van der Waals surface area (Å²) in [6.07, 6.45) is -13.4. The summed E-state index contributed by atoms with van der Waals surface area (Å²) < 4.78 is 77.9. The molecule has 1 amide bonds. The summed E-state index contributed by atoms with van der Waals surface area (Å²) in [7, 11) is 0. The number of carbonyl (C=O) groups is 1. The molecule has 0 bridgehead atoms. The zero-order valence-corrected chi connectivity index (χ0v) is 11.5. The maximum atomic E-state index is 13.0. The molecule has 11 heteroatoms. The van der Waals surface area contributed by atoms with E-state index < -0.39 is 46.7 Å². The first-order valence-corrected chi connectivity index (χ1v) is 6.15. The molecule has 1 unspecified atom stereocenters. The highest BCUT2D eigenvalue weighted by molar-refractivity contribution is 5.98. The first kappa shape index (κ1) is 19.2. The molecule has 5 nitrogen and oxygen atoms in total. The lowest BCUT2D eigenvalue weighted by Gasteiger charge is -2.35. The summed E-state index contributed by atoms with van der Waals surface area (Å²) in [6.45, 7) is 0.573. The molecule has 130 valence electrons. The molecule has 0 saturated carbocycles. The molecule has 0 aliphatic carbocycles. The molecule has 0 spiro atoms. The fourth-order valence-corrected chi connectivity index (χ4v) is 1.99. The summed E-state index contributed by atoms with van der Waals surface area (Å²) >= 11 is 0. The Morgan fingerprint density at radius 3 is 2.04 bits per heavy atom. The third kappa shape index (κ3) is 3.41. The van der Waals surface area contributed by atoms with Crippen molar-refractivity contribution in [2.24, 2.45) is 5.41 Å². The third-order valence-corrected chi connectivity index (χ3v) is 3.29. The second-order valence-corrected chi connectivity index (χ2v) is 4.56. The summed E-state index contributed by atoms with van der Waals surface area (Å²) in [5, 5.41) is 19.6. The number of rotatable bonds is 4. The van der Waals surface area contributed by atoms with E-state index in [9.17, 15) is 36.3 Å². The molecule has 1 aromatic rings. The summed E-state index contributed by atoms with van der Waals surface area (Å²) in [5.41, 5.74) is -5.92. The van der Waals surface area contributed by atoms with Crippen LogP contribution in [0.15, 0.2) is 24.3 Å². The molecule has 1 rings (SSSR count). The highest BCUT2D eigenvalue weighted by atomic mass is 19.4. The molecule has 0 aliphatic rings. The van der Waals surface area contributed by atoms with Crippen molar-refractivity contribution in [3.8, 4) is 0 Å². The largest absolute Gasteiger partial charge is 0.595 e. The van der Waals surface area contributed by atoms with E-state index in [-0.39, 0.29) is 0 Å². The zero-order chi connectivity index (χ0) is 18.1. The Morgan fingerprint density at radius 1 is 1.17 bits per heavy atom. The van der Waals surface area contributed by atoms with E-state index >= 15 is 0 Å². The van der Waals surface area contributed by atoms with Gasteiger partial charge in [0.15, 0.2) is 5.69 Å². The van der Waals surface area contributed by atoms with Crippen molar-refractivity contribution >= 4 is 17.3 Å². The lowest BCUT2D eigenvalue weighted by Crippen LogP contribution is -2.99. The molecule has 0 aromatic heterocycles. The zero-order valence-electron chi connectivity index (χ0n) is 11.5. The van der Waals surface area contributed by atoms with E-state index in [1.54, 1.807) is 0 Å². The van der Waals surface area contributed by atoms with Gasteiger partial charge in [0.25, 0.3) is 0 Å². The average molecular weight is 346 g/mol. The van der Waals surface area contributed by atoms with Gasteiger partial charge in [-0.2, -0.15) is 31.6 Å². The number of halogens is 6. The van der Waals surface area contributed by atoms with Crippen LogP contribution in [0.1, 0.15) is 13.3 Å². The SMILES string of the molecule is CCC(C(=O)Nc1ccccc1[NH+]([O-])O)(C(F)(F)F)C(F)(F)F. The smallest absolute Gasteiger partial charge is 0.412 e. The minimum Gasteiger partial charge on any atom is -0.595 e. The predicted molar refractivity (Wildman–Crippen MR) is 65.7 cm³/mol. The van der Waals surface area contributed by atoms with Crippen molar-refractivity contribution in [3.63, 3.8) is 0 Å². The van der Waals surface area contributed by atoms with Crippen LogP contribution in [0, 0.1) is 10.6 Å². The first-order valence-electron chi connectivity index (χ1n) is 6.15. The molecule has 1 aromatic carbocycles. The van der Waals surface area contributed by atoms with E-state index in [1.807, 2.05) is 0 Å². The quantitative estimate of drug-likeness (QED) is 0.579. The van der Waals surface area contributed by atoms with Crippen LogP contribution in [0.25, 0.3) is 0 Å². The molecule has 0 fully saturated rings. The Balaban J connectivity index is 3.35. The molecule has 23 heavy (non-hydrogen) atoms. The number of hydrogen-bond acceptors (Lipinski definition) is 3. The van der Waals surface area contributed by atoms with Crippen molar-refractivity contribution in [1.29, 1.82) is 0 Å². The van der Waals surface area contributed by atoms with E-state index in [1.165, 1.54) is 11.4 Å². The minimum absolute atomic E-state index is 0.573. The van der Waals surface area contributed by atoms with Gasteiger partial charge in [-0.3, -0.25) is 4.79 Å². The number of alkyl halides is 6. The van der Waals surface area contributed by atoms with Gasteiger partial charge in [0, 0.05) is 6.07 Å². The number of quaternary nitrogens is 1. The van der Waals surface area contributed by atoms with Gasteiger partial charge in [-0.15, -0.1) is 0 Å². The maximum Gasteiger partial charge on any atom is 0.412 e. The van der Waals surface area contributed by atoms with E-state index in [0.717, 1.165) is 18.2 Å². The summed E-state index contributed by atoms with van der Waals surface area (Å²) in [4.78, 5) is 11.8. The van der Waals surface area contributed by atoms with Gasteiger partial charge in [0.1, 0.15) is 5.69 Å². The van der Waals surface area contributed by atoms with Gasteiger partial charge >= 0.3 is 12.4 Å². The number of anilines is 1. The second-order valence-electron chi connectivity index (χ2n) is 4.56. The van der Waals surface area contributed by atoms with Crippen LogP contribution in [0.4, 0.5) is 37.7 Å².